The molecule has 7 nitrogen and oxygen atoms in total. The second-order valence-electron chi connectivity index (χ2n) is 5.42. The van der Waals surface area contributed by atoms with Crippen LogP contribution in [0.25, 0.3) is 0 Å². The lowest BCUT2D eigenvalue weighted by atomic mass is 10.1. The second-order valence-corrected chi connectivity index (χ2v) is 7.43. The number of sulfonamides is 1. The molecule has 0 aliphatic rings. The molecule has 1 aromatic rings. The van der Waals surface area contributed by atoms with Gasteiger partial charge in [-0.1, -0.05) is 12.8 Å². The standard InChI is InChI=1S/C16H27N3O4S.ClH/c1-3-24(21,22)19-14-10-9-13(12-15(14)23-2)18-16(20)8-6-4-5-7-11-17;/h9-10,12,19H,3-8,11,17H2,1-2H3,(H,18,20);1H. The third-order valence-corrected chi connectivity index (χ3v) is 4.78. The van der Waals surface area contributed by atoms with Crippen molar-refractivity contribution in [2.75, 3.05) is 29.4 Å². The third-order valence-electron chi connectivity index (χ3n) is 3.49. The van der Waals surface area contributed by atoms with E-state index in [-0.39, 0.29) is 24.1 Å². The van der Waals surface area contributed by atoms with Gasteiger partial charge in [-0.3, -0.25) is 9.52 Å². The number of methoxy groups -OCH3 is 1. The van der Waals surface area contributed by atoms with Gasteiger partial charge in [0.25, 0.3) is 0 Å². The summed E-state index contributed by atoms with van der Waals surface area (Å²) in [4.78, 5) is 11.9. The molecule has 0 saturated heterocycles. The Morgan fingerprint density at radius 3 is 2.48 bits per heavy atom. The van der Waals surface area contributed by atoms with Gasteiger partial charge in [-0.15, -0.1) is 12.4 Å². The van der Waals surface area contributed by atoms with Crippen molar-refractivity contribution in [1.29, 1.82) is 0 Å². The Balaban J connectivity index is 0.00000576. The van der Waals surface area contributed by atoms with E-state index in [2.05, 4.69) is 10.0 Å². The smallest absolute Gasteiger partial charge is 0.232 e. The normalized spacial score (nSPS) is 10.7. The van der Waals surface area contributed by atoms with Crippen molar-refractivity contribution < 1.29 is 17.9 Å². The molecule has 0 aliphatic heterocycles. The van der Waals surface area contributed by atoms with Gasteiger partial charge in [0, 0.05) is 18.2 Å². The Hall–Kier alpha value is -1.51. The Bertz CT molecular complexity index is 638. The summed E-state index contributed by atoms with van der Waals surface area (Å²) in [5.41, 5.74) is 6.34. The van der Waals surface area contributed by atoms with E-state index in [0.29, 0.717) is 30.1 Å². The first-order valence-corrected chi connectivity index (χ1v) is 9.75. The number of halogens is 1. The van der Waals surface area contributed by atoms with Gasteiger partial charge < -0.3 is 15.8 Å². The van der Waals surface area contributed by atoms with Gasteiger partial charge in [0.15, 0.2) is 0 Å². The molecule has 0 aromatic heterocycles. The van der Waals surface area contributed by atoms with Gasteiger partial charge in [0.05, 0.1) is 18.6 Å². The van der Waals surface area contributed by atoms with E-state index in [1.807, 2.05) is 0 Å². The maximum Gasteiger partial charge on any atom is 0.232 e. The second kappa shape index (κ2) is 11.9. The molecule has 0 fully saturated rings. The minimum Gasteiger partial charge on any atom is -0.494 e. The van der Waals surface area contributed by atoms with Crippen LogP contribution in [0.4, 0.5) is 11.4 Å². The van der Waals surface area contributed by atoms with Crippen molar-refractivity contribution in [3.05, 3.63) is 18.2 Å². The zero-order chi connectivity index (χ0) is 18.0. The zero-order valence-corrected chi connectivity index (χ0v) is 16.3. The fraction of sp³-hybridized carbons (Fsp3) is 0.562. The zero-order valence-electron chi connectivity index (χ0n) is 14.7. The van der Waals surface area contributed by atoms with Crippen LogP contribution in [0.5, 0.6) is 5.75 Å². The highest BCUT2D eigenvalue weighted by Crippen LogP contribution is 2.29. The molecule has 0 radical (unpaired) electrons. The molecule has 1 amide bonds. The maximum absolute atomic E-state index is 11.9. The van der Waals surface area contributed by atoms with Crippen LogP contribution >= 0.6 is 12.4 Å². The van der Waals surface area contributed by atoms with Crippen LogP contribution in [0, 0.1) is 0 Å². The van der Waals surface area contributed by atoms with Crippen LogP contribution in [0.1, 0.15) is 39.0 Å². The fourth-order valence-corrected chi connectivity index (χ4v) is 2.75. The Labute approximate surface area is 156 Å². The van der Waals surface area contributed by atoms with Gasteiger partial charge >= 0.3 is 0 Å². The van der Waals surface area contributed by atoms with Crippen LogP contribution < -0.4 is 20.5 Å². The Kier molecular flexibility index (Phi) is 11.2. The average molecular weight is 394 g/mol. The van der Waals surface area contributed by atoms with Crippen molar-refractivity contribution in [3.8, 4) is 5.75 Å². The van der Waals surface area contributed by atoms with Crippen LogP contribution in [-0.4, -0.2) is 33.7 Å². The minimum absolute atomic E-state index is 0. The van der Waals surface area contributed by atoms with Gasteiger partial charge in [0.1, 0.15) is 5.75 Å². The molecular formula is C16H28ClN3O4S. The fourth-order valence-electron chi connectivity index (χ4n) is 2.10. The summed E-state index contributed by atoms with van der Waals surface area (Å²) in [5, 5.41) is 2.79. The summed E-state index contributed by atoms with van der Waals surface area (Å²) in [7, 11) is -1.94. The van der Waals surface area contributed by atoms with Gasteiger partial charge in [-0.2, -0.15) is 0 Å². The lowest BCUT2D eigenvalue weighted by Crippen LogP contribution is -2.15. The molecule has 0 heterocycles. The molecule has 0 bridgehead atoms. The monoisotopic (exact) mass is 393 g/mol. The highest BCUT2D eigenvalue weighted by atomic mass is 35.5. The van der Waals surface area contributed by atoms with E-state index in [1.165, 1.54) is 7.11 Å². The molecule has 0 spiro atoms. The van der Waals surface area contributed by atoms with E-state index in [1.54, 1.807) is 25.1 Å². The molecule has 9 heteroatoms. The number of carbonyl (C=O) groups is 1. The molecule has 1 rings (SSSR count). The van der Waals surface area contributed by atoms with Crippen molar-refractivity contribution in [2.24, 2.45) is 5.73 Å². The summed E-state index contributed by atoms with van der Waals surface area (Å²) in [6.07, 6.45) is 4.25. The third kappa shape index (κ3) is 8.94. The minimum atomic E-state index is -3.39. The first-order valence-electron chi connectivity index (χ1n) is 8.10. The van der Waals surface area contributed by atoms with E-state index in [4.69, 9.17) is 10.5 Å². The highest BCUT2D eigenvalue weighted by molar-refractivity contribution is 7.92. The van der Waals surface area contributed by atoms with Gasteiger partial charge in [0.2, 0.25) is 15.9 Å². The first-order chi connectivity index (χ1) is 11.4. The lowest BCUT2D eigenvalue weighted by Gasteiger charge is -2.13. The number of nitrogens with one attached hydrogen (secondary N) is 2. The van der Waals surface area contributed by atoms with Crippen molar-refractivity contribution in [3.63, 3.8) is 0 Å². The number of amides is 1. The van der Waals surface area contributed by atoms with Crippen LogP contribution in [0.15, 0.2) is 18.2 Å². The molecule has 0 aliphatic carbocycles. The SMILES string of the molecule is CCS(=O)(=O)Nc1ccc(NC(=O)CCCCCCN)cc1OC.Cl. The maximum atomic E-state index is 11.9. The van der Waals surface area contributed by atoms with Crippen LogP contribution in [0.2, 0.25) is 0 Å². The van der Waals surface area contributed by atoms with E-state index >= 15 is 0 Å². The van der Waals surface area contributed by atoms with E-state index in [9.17, 15) is 13.2 Å². The number of hydrogen-bond acceptors (Lipinski definition) is 5. The summed E-state index contributed by atoms with van der Waals surface area (Å²) in [6.45, 7) is 2.23. The molecule has 1 aromatic carbocycles. The van der Waals surface area contributed by atoms with Crippen molar-refractivity contribution in [2.45, 2.75) is 39.0 Å². The Morgan fingerprint density at radius 2 is 1.88 bits per heavy atom. The predicted molar refractivity (Wildman–Crippen MR) is 104 cm³/mol. The lowest BCUT2D eigenvalue weighted by molar-refractivity contribution is -0.116. The van der Waals surface area contributed by atoms with Gasteiger partial charge in [-0.25, -0.2) is 8.42 Å². The summed E-state index contributed by atoms with van der Waals surface area (Å²) < 4.78 is 30.9. The topological polar surface area (TPSA) is 111 Å². The number of unbranched alkanes of at least 4 members (excludes halogenated alkanes) is 3. The van der Waals surface area contributed by atoms with E-state index < -0.39 is 10.0 Å². The van der Waals surface area contributed by atoms with Crippen molar-refractivity contribution >= 4 is 39.7 Å². The molecule has 0 unspecified atom stereocenters. The number of nitrogens with two attached hydrogens (primary N) is 1. The van der Waals surface area contributed by atoms with Crippen LogP contribution in [0.3, 0.4) is 0 Å². The number of anilines is 2. The molecule has 0 saturated carbocycles. The summed E-state index contributed by atoms with van der Waals surface area (Å²) >= 11 is 0. The predicted octanol–water partition coefficient (Wildman–Crippen LogP) is 2.73. The summed E-state index contributed by atoms with van der Waals surface area (Å²) in [5.74, 6) is 0.248. The van der Waals surface area contributed by atoms with Gasteiger partial charge in [-0.05, 0) is 38.4 Å². The molecular weight excluding hydrogens is 366 g/mol. The van der Waals surface area contributed by atoms with Crippen molar-refractivity contribution in [1.82, 2.24) is 0 Å². The molecule has 0 atom stereocenters. The molecule has 25 heavy (non-hydrogen) atoms. The van der Waals surface area contributed by atoms with E-state index in [0.717, 1.165) is 25.7 Å². The Morgan fingerprint density at radius 1 is 1.20 bits per heavy atom. The first kappa shape index (κ1) is 23.5. The number of rotatable bonds is 11. The quantitative estimate of drug-likeness (QED) is 0.500. The number of benzene rings is 1. The number of ether oxygens (including phenoxy) is 1. The molecule has 4 N–H and O–H groups in total. The average Bonchev–Trinajstić information content (AvgIpc) is 2.55. The largest absolute Gasteiger partial charge is 0.494 e. The highest BCUT2D eigenvalue weighted by Gasteiger charge is 2.12. The number of hydrogen-bond donors (Lipinski definition) is 3. The van der Waals surface area contributed by atoms with Crippen LogP contribution in [-0.2, 0) is 14.8 Å². The number of carbonyl (C=O) groups excluding carboxylic acids is 1. The molecule has 144 valence electrons. The summed E-state index contributed by atoms with van der Waals surface area (Å²) in [6, 6.07) is 4.81.